The van der Waals surface area contributed by atoms with Crippen LogP contribution in [0, 0.1) is 11.3 Å². The van der Waals surface area contributed by atoms with Crippen LogP contribution in [0.3, 0.4) is 0 Å². The van der Waals surface area contributed by atoms with Crippen LogP contribution in [-0.4, -0.2) is 19.6 Å². The molecule has 4 rings (SSSR count). The summed E-state index contributed by atoms with van der Waals surface area (Å²) in [4.78, 5) is 0. The van der Waals surface area contributed by atoms with E-state index < -0.39 is 0 Å². The molecule has 0 saturated carbocycles. The molecule has 1 fully saturated rings. The molecule has 1 heterocycles. The Morgan fingerprint density at radius 2 is 1.98 bits per heavy atom. The Balaban J connectivity index is 1.78. The third-order valence-electron chi connectivity index (χ3n) is 9.85. The molecule has 0 bridgehead atoms. The summed E-state index contributed by atoms with van der Waals surface area (Å²) in [6.45, 7) is 21.3. The molecule has 43 heavy (non-hydrogen) atoms. The van der Waals surface area contributed by atoms with Gasteiger partial charge in [-0.2, -0.15) is 0 Å². The minimum Gasteiger partial charge on any atom is -0.391 e. The van der Waals surface area contributed by atoms with Crippen LogP contribution in [0.1, 0.15) is 128 Å². The van der Waals surface area contributed by atoms with Gasteiger partial charge in [-0.25, -0.2) is 0 Å². The smallest absolute Gasteiger partial charge is 0.0113 e. The van der Waals surface area contributed by atoms with Gasteiger partial charge in [0.2, 0.25) is 0 Å². The van der Waals surface area contributed by atoms with Gasteiger partial charge in [0.25, 0.3) is 0 Å². The first-order valence-corrected chi connectivity index (χ1v) is 17.2. The highest BCUT2D eigenvalue weighted by molar-refractivity contribution is 5.87. The van der Waals surface area contributed by atoms with Crippen molar-refractivity contribution in [3.8, 4) is 0 Å². The van der Waals surface area contributed by atoms with E-state index in [4.69, 9.17) is 0 Å². The second-order valence-electron chi connectivity index (χ2n) is 13.7. The van der Waals surface area contributed by atoms with Gasteiger partial charge in [0.15, 0.2) is 0 Å². The molecule has 2 aliphatic carbocycles. The largest absolute Gasteiger partial charge is 0.391 e. The molecule has 1 spiro atoms. The number of hydrogen-bond donors (Lipinski definition) is 2. The van der Waals surface area contributed by atoms with Crippen LogP contribution < -0.4 is 10.6 Å². The zero-order valence-corrected chi connectivity index (χ0v) is 28.1. The number of allylic oxidation sites excluding steroid dienone is 11. The van der Waals surface area contributed by atoms with E-state index in [0.29, 0.717) is 17.3 Å². The Morgan fingerprint density at radius 1 is 1.14 bits per heavy atom. The molecule has 3 aliphatic rings. The second-order valence-corrected chi connectivity index (χ2v) is 13.7. The summed E-state index contributed by atoms with van der Waals surface area (Å²) in [6.07, 6.45) is 29.6. The van der Waals surface area contributed by atoms with E-state index >= 15 is 0 Å². The van der Waals surface area contributed by atoms with Gasteiger partial charge in [-0.3, -0.25) is 0 Å². The highest BCUT2D eigenvalue weighted by Gasteiger charge is 2.33. The van der Waals surface area contributed by atoms with Crippen LogP contribution in [0.5, 0.6) is 0 Å². The predicted molar refractivity (Wildman–Crippen MR) is 191 cm³/mol. The second kappa shape index (κ2) is 15.8. The summed E-state index contributed by atoms with van der Waals surface area (Å²) in [5.74, 6) is 1.23. The summed E-state index contributed by atoms with van der Waals surface area (Å²) in [5, 5.41) is 7.17. The van der Waals surface area contributed by atoms with Crippen molar-refractivity contribution in [2.45, 2.75) is 105 Å². The van der Waals surface area contributed by atoms with Gasteiger partial charge in [0.05, 0.1) is 0 Å². The van der Waals surface area contributed by atoms with E-state index in [1.807, 2.05) is 0 Å². The molecule has 2 unspecified atom stereocenters. The maximum Gasteiger partial charge on any atom is 0.0113 e. The van der Waals surface area contributed by atoms with Gasteiger partial charge >= 0.3 is 0 Å². The number of hydrogen-bond acceptors (Lipinski definition) is 2. The molecular formula is C41H58N2. The topological polar surface area (TPSA) is 24.1 Å². The maximum atomic E-state index is 4.65. The van der Waals surface area contributed by atoms with Gasteiger partial charge in [-0.1, -0.05) is 81.5 Å². The van der Waals surface area contributed by atoms with E-state index in [1.54, 1.807) is 5.57 Å². The molecule has 1 aromatic carbocycles. The lowest BCUT2D eigenvalue weighted by molar-refractivity contribution is 0.228. The first kappa shape index (κ1) is 33.1. The summed E-state index contributed by atoms with van der Waals surface area (Å²) in [5.41, 5.74) is 12.6. The summed E-state index contributed by atoms with van der Waals surface area (Å²) >= 11 is 0. The van der Waals surface area contributed by atoms with Crippen molar-refractivity contribution in [3.63, 3.8) is 0 Å². The van der Waals surface area contributed by atoms with Crippen molar-refractivity contribution in [2.24, 2.45) is 11.3 Å². The Morgan fingerprint density at radius 3 is 2.70 bits per heavy atom. The molecule has 1 aromatic rings. The Kier molecular flexibility index (Phi) is 12.1. The predicted octanol–water partition coefficient (Wildman–Crippen LogP) is 10.9. The summed E-state index contributed by atoms with van der Waals surface area (Å²) < 4.78 is 0. The highest BCUT2D eigenvalue weighted by Crippen LogP contribution is 2.48. The Bertz CT molecular complexity index is 1300. The van der Waals surface area contributed by atoms with Gasteiger partial charge in [0, 0.05) is 18.3 Å². The number of benzene rings is 1. The average Bonchev–Trinajstić information content (AvgIpc) is 3.22. The monoisotopic (exact) mass is 578 g/mol. The lowest BCUT2D eigenvalue weighted by atomic mass is 9.68. The van der Waals surface area contributed by atoms with Gasteiger partial charge in [-0.05, 0) is 154 Å². The van der Waals surface area contributed by atoms with E-state index in [0.717, 1.165) is 25.0 Å². The zero-order chi connectivity index (χ0) is 30.8. The Hall–Kier alpha value is -2.84. The van der Waals surface area contributed by atoms with Crippen LogP contribution in [-0.2, 0) is 0 Å². The van der Waals surface area contributed by atoms with Crippen LogP contribution in [0.15, 0.2) is 78.1 Å². The van der Waals surface area contributed by atoms with Crippen molar-refractivity contribution < 1.29 is 0 Å². The Labute approximate surface area is 263 Å². The minimum atomic E-state index is 0.491. The first-order valence-electron chi connectivity index (χ1n) is 17.2. The third-order valence-corrected chi connectivity index (χ3v) is 9.85. The van der Waals surface area contributed by atoms with Crippen molar-refractivity contribution in [1.29, 1.82) is 0 Å². The van der Waals surface area contributed by atoms with Crippen LogP contribution in [0.2, 0.25) is 0 Å². The van der Waals surface area contributed by atoms with Crippen molar-refractivity contribution >= 4 is 17.2 Å². The third kappa shape index (κ3) is 8.63. The molecule has 2 heteroatoms. The molecule has 232 valence electrons. The molecule has 0 aromatic heterocycles. The highest BCUT2D eigenvalue weighted by atomic mass is 14.9. The maximum absolute atomic E-state index is 4.65. The average molecular weight is 579 g/mol. The minimum absolute atomic E-state index is 0.491. The van der Waals surface area contributed by atoms with E-state index in [1.165, 1.54) is 97.0 Å². The first-order chi connectivity index (χ1) is 20.8. The fourth-order valence-corrected chi connectivity index (χ4v) is 7.32. The van der Waals surface area contributed by atoms with Crippen molar-refractivity contribution in [2.75, 3.05) is 19.6 Å². The lowest BCUT2D eigenvalue weighted by Crippen LogP contribution is -2.25. The number of nitrogens with one attached hydrogen (secondary N) is 2. The van der Waals surface area contributed by atoms with Gasteiger partial charge < -0.3 is 10.6 Å². The van der Waals surface area contributed by atoms with Crippen molar-refractivity contribution in [3.05, 3.63) is 100 Å². The van der Waals surface area contributed by atoms with Crippen molar-refractivity contribution in [1.82, 2.24) is 10.6 Å². The fourth-order valence-electron chi connectivity index (χ4n) is 7.32. The molecule has 2 N–H and O–H groups in total. The summed E-state index contributed by atoms with van der Waals surface area (Å²) in [7, 11) is 0. The van der Waals surface area contributed by atoms with Gasteiger partial charge in [-0.15, -0.1) is 0 Å². The van der Waals surface area contributed by atoms with Crippen LogP contribution in [0.25, 0.3) is 17.2 Å². The SMILES string of the molecule is C=C(/C(=C\NCC)c1cc(C2=CCC3(CCCNCC3)CC2)c2c(c1)C(CC(C)C)CC=C2)/C(C)=C/C=C\C(C)=C\CC. The zero-order valence-electron chi connectivity index (χ0n) is 28.1. The van der Waals surface area contributed by atoms with E-state index in [-0.39, 0.29) is 0 Å². The number of rotatable bonds is 11. The van der Waals surface area contributed by atoms with Gasteiger partial charge in [0.1, 0.15) is 0 Å². The standard InChI is InChI=1S/C41H58N2/c1-8-13-31(5)14-10-15-32(6)33(7)40(29-42-9-2)36-27-38(37-17-11-16-35(26-30(3)4)39(37)28-36)34-18-21-41(22-19-34)20-12-24-43-25-23-41/h10-11,13-15,17-18,27-30,35,42-43H,7-9,12,16,19-26H2,1-6H3/b14-10-,31-13+,32-15+,40-29+. The van der Waals surface area contributed by atoms with E-state index in [9.17, 15) is 0 Å². The molecule has 0 amide bonds. The quantitative estimate of drug-likeness (QED) is 0.255. The molecule has 2 nitrogen and oxygen atoms in total. The molecule has 2 atom stereocenters. The molecule has 1 saturated heterocycles. The molecular weight excluding hydrogens is 520 g/mol. The van der Waals surface area contributed by atoms with E-state index in [2.05, 4.69) is 120 Å². The summed E-state index contributed by atoms with van der Waals surface area (Å²) in [6, 6.07) is 4.99. The molecule has 0 radical (unpaired) electrons. The lowest BCUT2D eigenvalue weighted by Gasteiger charge is -2.36. The normalized spacial score (nSPS) is 23.5. The fraction of sp³-hybridized carbons (Fsp3) is 0.512. The van der Waals surface area contributed by atoms with Crippen LogP contribution in [0.4, 0.5) is 0 Å². The number of fused-ring (bicyclic) bond motifs is 1. The molecule has 1 aliphatic heterocycles. The van der Waals surface area contributed by atoms with Crippen LogP contribution >= 0.6 is 0 Å².